The van der Waals surface area contributed by atoms with Gasteiger partial charge in [-0.2, -0.15) is 8.42 Å². The van der Waals surface area contributed by atoms with E-state index in [-0.39, 0.29) is 12.5 Å². The minimum Gasteiger partial charge on any atom is -0.497 e. The van der Waals surface area contributed by atoms with Gasteiger partial charge in [0, 0.05) is 6.54 Å². The molecule has 1 saturated heterocycles. The van der Waals surface area contributed by atoms with Crippen molar-refractivity contribution in [2.75, 3.05) is 26.8 Å². The molecule has 152 valence electrons. The van der Waals surface area contributed by atoms with E-state index in [1.54, 1.807) is 20.1 Å². The third-order valence-corrected chi connectivity index (χ3v) is 6.76. The van der Waals surface area contributed by atoms with Gasteiger partial charge in [-0.1, -0.05) is 29.8 Å². The maximum atomic E-state index is 12.5. The van der Waals surface area contributed by atoms with Gasteiger partial charge in [0.15, 0.2) is 0 Å². The second kappa shape index (κ2) is 9.07. The number of hydrogen-bond acceptors (Lipinski definition) is 5. The van der Waals surface area contributed by atoms with Crippen molar-refractivity contribution in [1.82, 2.24) is 4.90 Å². The molecular weight excluding hydrogens is 374 g/mol. The fraction of sp³-hybridized carbons (Fsp3) is 0.455. The van der Waals surface area contributed by atoms with Crippen LogP contribution in [0.25, 0.3) is 0 Å². The molecule has 0 bridgehead atoms. The largest absolute Gasteiger partial charge is 0.497 e. The molecule has 0 spiro atoms. The molecule has 0 unspecified atom stereocenters. The Morgan fingerprint density at radius 3 is 2.36 bits per heavy atom. The second-order valence-electron chi connectivity index (χ2n) is 7.30. The Morgan fingerprint density at radius 2 is 1.75 bits per heavy atom. The lowest BCUT2D eigenvalue weighted by molar-refractivity contribution is 0.203. The third-order valence-electron chi connectivity index (χ3n) is 5.30. The van der Waals surface area contributed by atoms with Gasteiger partial charge < -0.3 is 4.74 Å². The van der Waals surface area contributed by atoms with Gasteiger partial charge in [-0.3, -0.25) is 9.08 Å². The van der Waals surface area contributed by atoms with Crippen molar-refractivity contribution in [3.63, 3.8) is 0 Å². The van der Waals surface area contributed by atoms with Gasteiger partial charge in [0.05, 0.1) is 18.6 Å². The van der Waals surface area contributed by atoms with Gasteiger partial charge in [-0.15, -0.1) is 0 Å². The van der Waals surface area contributed by atoms with Crippen LogP contribution in [0.5, 0.6) is 5.75 Å². The molecule has 6 heteroatoms. The van der Waals surface area contributed by atoms with Crippen LogP contribution in [-0.4, -0.2) is 40.1 Å². The van der Waals surface area contributed by atoms with Crippen LogP contribution < -0.4 is 4.74 Å². The molecule has 0 N–H and O–H groups in total. The van der Waals surface area contributed by atoms with Crippen LogP contribution in [0.3, 0.4) is 0 Å². The molecule has 1 aliphatic heterocycles. The first-order valence-corrected chi connectivity index (χ1v) is 11.2. The van der Waals surface area contributed by atoms with Crippen molar-refractivity contribution in [2.45, 2.75) is 44.0 Å². The molecule has 1 fully saturated rings. The highest BCUT2D eigenvalue weighted by Crippen LogP contribution is 2.34. The monoisotopic (exact) mass is 403 g/mol. The van der Waals surface area contributed by atoms with Gasteiger partial charge in [0.1, 0.15) is 5.75 Å². The van der Waals surface area contributed by atoms with E-state index in [0.29, 0.717) is 4.90 Å². The van der Waals surface area contributed by atoms with Gasteiger partial charge in [0.2, 0.25) is 0 Å². The Balaban J connectivity index is 1.70. The molecule has 0 aliphatic carbocycles. The van der Waals surface area contributed by atoms with Crippen LogP contribution in [0, 0.1) is 6.92 Å². The highest BCUT2D eigenvalue weighted by molar-refractivity contribution is 7.86. The molecule has 2 aromatic carbocycles. The Hall–Kier alpha value is -1.89. The van der Waals surface area contributed by atoms with Gasteiger partial charge in [-0.25, -0.2) is 0 Å². The molecule has 0 radical (unpaired) electrons. The molecule has 1 aliphatic rings. The number of rotatable bonds is 7. The number of benzene rings is 2. The normalized spacial score (nSPS) is 16.2. The maximum absolute atomic E-state index is 12.5. The van der Waals surface area contributed by atoms with Crippen LogP contribution >= 0.6 is 0 Å². The van der Waals surface area contributed by atoms with E-state index < -0.39 is 10.1 Å². The van der Waals surface area contributed by atoms with E-state index in [9.17, 15) is 8.42 Å². The van der Waals surface area contributed by atoms with Crippen molar-refractivity contribution in [1.29, 1.82) is 0 Å². The highest BCUT2D eigenvalue weighted by atomic mass is 32.2. The lowest BCUT2D eigenvalue weighted by atomic mass is 9.88. The van der Waals surface area contributed by atoms with Crippen LogP contribution in [-0.2, 0) is 20.8 Å². The molecule has 0 amide bonds. The number of methoxy groups -OCH3 is 1. The summed E-state index contributed by atoms with van der Waals surface area (Å²) >= 11 is 0. The van der Waals surface area contributed by atoms with Crippen LogP contribution in [0.15, 0.2) is 47.4 Å². The van der Waals surface area contributed by atoms with Crippen molar-refractivity contribution >= 4 is 10.1 Å². The zero-order valence-corrected chi connectivity index (χ0v) is 17.7. The summed E-state index contributed by atoms with van der Waals surface area (Å²) in [5, 5.41) is 0. The van der Waals surface area contributed by atoms with Crippen LogP contribution in [0.1, 0.15) is 42.4 Å². The molecule has 2 aromatic rings. The number of piperidine rings is 1. The quantitative estimate of drug-likeness (QED) is 0.651. The van der Waals surface area contributed by atoms with E-state index >= 15 is 0 Å². The molecule has 0 aromatic heterocycles. The van der Waals surface area contributed by atoms with E-state index in [1.165, 1.54) is 5.56 Å². The fourth-order valence-electron chi connectivity index (χ4n) is 3.82. The average molecular weight is 404 g/mol. The van der Waals surface area contributed by atoms with Crippen molar-refractivity contribution in [3.8, 4) is 5.75 Å². The Kier molecular flexibility index (Phi) is 6.75. The summed E-state index contributed by atoms with van der Waals surface area (Å²) < 4.78 is 35.3. The van der Waals surface area contributed by atoms with Gasteiger partial charge in [0.25, 0.3) is 10.1 Å². The molecule has 1 heterocycles. The number of aryl methyl sites for hydroxylation is 1. The maximum Gasteiger partial charge on any atom is 0.297 e. The Labute approximate surface area is 168 Å². The van der Waals surface area contributed by atoms with Crippen LogP contribution in [0.4, 0.5) is 0 Å². The van der Waals surface area contributed by atoms with Gasteiger partial charge >= 0.3 is 0 Å². The predicted molar refractivity (Wildman–Crippen MR) is 110 cm³/mol. The number of hydrogen-bond donors (Lipinski definition) is 0. The standard InChI is InChI=1S/C22H29NO4S/c1-4-27-28(24,25)22-10-5-17(2)15-21(22)19-11-13-23(14-12-19)16-18-6-8-20(26-3)9-7-18/h5-10,15,19H,4,11-14,16H2,1-3H3. The van der Waals surface area contributed by atoms with E-state index in [1.807, 2.05) is 31.2 Å². The molecule has 0 saturated carbocycles. The predicted octanol–water partition coefficient (Wildman–Crippen LogP) is 4.11. The smallest absolute Gasteiger partial charge is 0.297 e. The molecular formula is C22H29NO4S. The first kappa shape index (κ1) is 20.8. The summed E-state index contributed by atoms with van der Waals surface area (Å²) in [5.41, 5.74) is 3.23. The van der Waals surface area contributed by atoms with Crippen molar-refractivity contribution in [2.24, 2.45) is 0 Å². The van der Waals surface area contributed by atoms with E-state index in [2.05, 4.69) is 17.0 Å². The van der Waals surface area contributed by atoms with Crippen molar-refractivity contribution < 1.29 is 17.3 Å². The first-order valence-electron chi connectivity index (χ1n) is 9.78. The summed E-state index contributed by atoms with van der Waals surface area (Å²) in [6.45, 7) is 6.63. The number of likely N-dealkylation sites (tertiary alicyclic amines) is 1. The summed E-state index contributed by atoms with van der Waals surface area (Å²) in [6.07, 6.45) is 1.88. The second-order valence-corrected chi connectivity index (χ2v) is 8.88. The lowest BCUT2D eigenvalue weighted by Gasteiger charge is -2.33. The number of ether oxygens (including phenoxy) is 1. The lowest BCUT2D eigenvalue weighted by Crippen LogP contribution is -2.32. The molecule has 28 heavy (non-hydrogen) atoms. The summed E-state index contributed by atoms with van der Waals surface area (Å²) in [6, 6.07) is 13.7. The van der Waals surface area contributed by atoms with Gasteiger partial charge in [-0.05, 0) is 75.0 Å². The van der Waals surface area contributed by atoms with E-state index in [0.717, 1.165) is 49.4 Å². The van der Waals surface area contributed by atoms with Crippen molar-refractivity contribution in [3.05, 3.63) is 59.2 Å². The zero-order chi connectivity index (χ0) is 20.1. The average Bonchev–Trinajstić information content (AvgIpc) is 2.69. The molecule has 3 rings (SSSR count). The summed E-state index contributed by atoms with van der Waals surface area (Å²) in [5.74, 6) is 1.10. The molecule has 5 nitrogen and oxygen atoms in total. The first-order chi connectivity index (χ1) is 13.4. The fourth-order valence-corrected chi connectivity index (χ4v) is 5.01. The molecule has 0 atom stereocenters. The minimum atomic E-state index is -3.70. The minimum absolute atomic E-state index is 0.149. The Morgan fingerprint density at radius 1 is 1.07 bits per heavy atom. The third kappa shape index (κ3) is 4.93. The SMILES string of the molecule is CCOS(=O)(=O)c1ccc(C)cc1C1CCN(Cc2ccc(OC)cc2)CC1. The number of nitrogens with zero attached hydrogens (tertiary/aromatic N) is 1. The summed E-state index contributed by atoms with van der Waals surface area (Å²) in [4.78, 5) is 2.75. The van der Waals surface area contributed by atoms with E-state index in [4.69, 9.17) is 8.92 Å². The highest BCUT2D eigenvalue weighted by Gasteiger charge is 2.27. The van der Waals surface area contributed by atoms with Crippen LogP contribution in [0.2, 0.25) is 0 Å². The Bertz CT molecular complexity index is 885. The topological polar surface area (TPSA) is 55.8 Å². The summed E-state index contributed by atoms with van der Waals surface area (Å²) in [7, 11) is -2.03. The zero-order valence-electron chi connectivity index (χ0n) is 16.8.